The largest absolute Gasteiger partial charge is 0.440 e. The number of oxazole rings is 1. The Kier molecular flexibility index (Phi) is 3.58. The first-order chi connectivity index (χ1) is 8.50. The van der Waals surface area contributed by atoms with Gasteiger partial charge < -0.3 is 10.2 Å². The number of rotatable bonds is 3. The van der Waals surface area contributed by atoms with E-state index >= 15 is 0 Å². The average molecular weight is 275 g/mol. The van der Waals surface area contributed by atoms with E-state index in [9.17, 15) is 13.2 Å². The summed E-state index contributed by atoms with van der Waals surface area (Å²) in [7, 11) is 0. The lowest BCUT2D eigenvalue weighted by molar-refractivity contribution is -0.141. The molecular formula is C10H8F3N3OS. The maximum absolute atomic E-state index is 12.5. The molecule has 96 valence electrons. The second kappa shape index (κ2) is 4.99. The van der Waals surface area contributed by atoms with Crippen molar-refractivity contribution in [2.75, 3.05) is 0 Å². The van der Waals surface area contributed by atoms with Crippen molar-refractivity contribution in [3.63, 3.8) is 0 Å². The molecule has 0 aliphatic carbocycles. The van der Waals surface area contributed by atoms with Gasteiger partial charge in [-0.05, 0) is 23.4 Å². The third-order valence-corrected chi connectivity index (χ3v) is 2.97. The van der Waals surface area contributed by atoms with E-state index in [1.54, 1.807) is 0 Å². The minimum absolute atomic E-state index is 0.0914. The number of alkyl halides is 3. The highest BCUT2D eigenvalue weighted by atomic mass is 32.2. The van der Waals surface area contributed by atoms with Crippen molar-refractivity contribution >= 4 is 11.8 Å². The van der Waals surface area contributed by atoms with Crippen LogP contribution in [0.1, 0.15) is 11.3 Å². The van der Waals surface area contributed by atoms with Gasteiger partial charge in [0.25, 0.3) is 5.22 Å². The summed E-state index contributed by atoms with van der Waals surface area (Å²) in [5.74, 6) is 0. The van der Waals surface area contributed by atoms with Crippen LogP contribution in [-0.2, 0) is 12.7 Å². The fraction of sp³-hybridized carbons (Fsp3) is 0.200. The summed E-state index contributed by atoms with van der Waals surface area (Å²) in [4.78, 5) is 7.36. The van der Waals surface area contributed by atoms with Crippen LogP contribution in [0.2, 0.25) is 0 Å². The van der Waals surface area contributed by atoms with Gasteiger partial charge in [0.1, 0.15) is 17.0 Å². The number of nitrogens with two attached hydrogens (primary N) is 1. The number of nitrogens with zero attached hydrogens (tertiary/aromatic N) is 2. The molecule has 8 heteroatoms. The SMILES string of the molecule is NCc1ccc(C(F)(F)F)nc1Sc1ncco1. The summed E-state index contributed by atoms with van der Waals surface area (Å²) < 4.78 is 42.6. The molecular weight excluding hydrogens is 267 g/mol. The van der Waals surface area contributed by atoms with Gasteiger partial charge in [-0.1, -0.05) is 6.07 Å². The summed E-state index contributed by atoms with van der Waals surface area (Å²) in [5, 5.41) is 0.367. The van der Waals surface area contributed by atoms with Crippen molar-refractivity contribution in [3.05, 3.63) is 35.9 Å². The monoisotopic (exact) mass is 275 g/mol. The Hall–Kier alpha value is -1.54. The number of halogens is 3. The molecule has 0 radical (unpaired) electrons. The van der Waals surface area contributed by atoms with Crippen molar-refractivity contribution in [1.29, 1.82) is 0 Å². The fourth-order valence-corrected chi connectivity index (χ4v) is 2.02. The summed E-state index contributed by atoms with van der Waals surface area (Å²) >= 11 is 0.907. The van der Waals surface area contributed by atoms with Gasteiger partial charge >= 0.3 is 6.18 Å². The second-order valence-electron chi connectivity index (χ2n) is 3.26. The maximum Gasteiger partial charge on any atom is 0.433 e. The van der Waals surface area contributed by atoms with Crippen LogP contribution >= 0.6 is 11.8 Å². The van der Waals surface area contributed by atoms with Crippen molar-refractivity contribution in [1.82, 2.24) is 9.97 Å². The average Bonchev–Trinajstić information content (AvgIpc) is 2.80. The Morgan fingerprint density at radius 2 is 2.11 bits per heavy atom. The summed E-state index contributed by atoms with van der Waals surface area (Å²) in [5.41, 5.74) is 4.99. The van der Waals surface area contributed by atoms with Crippen LogP contribution in [-0.4, -0.2) is 9.97 Å². The van der Waals surface area contributed by atoms with Crippen molar-refractivity contribution in [2.24, 2.45) is 5.73 Å². The quantitative estimate of drug-likeness (QED) is 0.933. The molecule has 2 N–H and O–H groups in total. The van der Waals surface area contributed by atoms with Crippen molar-refractivity contribution < 1.29 is 17.6 Å². The van der Waals surface area contributed by atoms with Crippen LogP contribution in [0.5, 0.6) is 0 Å². The van der Waals surface area contributed by atoms with Gasteiger partial charge in [0.15, 0.2) is 0 Å². The standard InChI is InChI=1S/C10H8F3N3OS/c11-10(12,13)7-2-1-6(5-14)8(16-7)18-9-15-3-4-17-9/h1-4H,5,14H2. The van der Waals surface area contributed by atoms with E-state index in [1.165, 1.54) is 18.5 Å². The van der Waals surface area contributed by atoms with Gasteiger partial charge in [-0.15, -0.1) is 0 Å². The normalized spacial score (nSPS) is 11.8. The van der Waals surface area contributed by atoms with E-state index < -0.39 is 11.9 Å². The second-order valence-corrected chi connectivity index (χ2v) is 4.20. The van der Waals surface area contributed by atoms with Crippen LogP contribution in [0.15, 0.2) is 39.3 Å². The van der Waals surface area contributed by atoms with Crippen molar-refractivity contribution in [2.45, 2.75) is 23.0 Å². The van der Waals surface area contributed by atoms with Gasteiger partial charge in [-0.3, -0.25) is 0 Å². The minimum atomic E-state index is -4.49. The summed E-state index contributed by atoms with van der Waals surface area (Å²) in [6, 6.07) is 2.21. The zero-order valence-corrected chi connectivity index (χ0v) is 9.76. The van der Waals surface area contributed by atoms with Crippen molar-refractivity contribution in [3.8, 4) is 0 Å². The Morgan fingerprint density at radius 1 is 1.33 bits per heavy atom. The molecule has 0 aliphatic heterocycles. The molecule has 2 aromatic rings. The first-order valence-electron chi connectivity index (χ1n) is 4.85. The van der Waals surface area contributed by atoms with E-state index in [2.05, 4.69) is 9.97 Å². The molecule has 0 unspecified atom stereocenters. The highest BCUT2D eigenvalue weighted by Gasteiger charge is 2.33. The summed E-state index contributed by atoms with van der Waals surface area (Å²) in [6.45, 7) is 0.0914. The Labute approximate surface area is 104 Å². The van der Waals surface area contributed by atoms with Gasteiger partial charge in [-0.25, -0.2) is 9.97 Å². The number of hydrogen-bond donors (Lipinski definition) is 1. The molecule has 0 saturated heterocycles. The molecule has 18 heavy (non-hydrogen) atoms. The lowest BCUT2D eigenvalue weighted by atomic mass is 10.2. The Balaban J connectivity index is 2.37. The highest BCUT2D eigenvalue weighted by Crippen LogP contribution is 2.33. The molecule has 2 rings (SSSR count). The Morgan fingerprint density at radius 3 is 2.67 bits per heavy atom. The van der Waals surface area contributed by atoms with Crippen LogP contribution in [0, 0.1) is 0 Å². The maximum atomic E-state index is 12.5. The molecule has 0 fully saturated rings. The molecule has 0 spiro atoms. The number of pyridine rings is 1. The lowest BCUT2D eigenvalue weighted by Gasteiger charge is -2.09. The van der Waals surface area contributed by atoms with Gasteiger partial charge in [0, 0.05) is 6.54 Å². The predicted molar refractivity (Wildman–Crippen MR) is 57.8 cm³/mol. The van der Waals surface area contributed by atoms with Crippen LogP contribution in [0.3, 0.4) is 0 Å². The third kappa shape index (κ3) is 2.82. The lowest BCUT2D eigenvalue weighted by Crippen LogP contribution is -2.10. The molecule has 0 atom stereocenters. The fourth-order valence-electron chi connectivity index (χ4n) is 1.21. The first kappa shape index (κ1) is 12.9. The van der Waals surface area contributed by atoms with Gasteiger partial charge in [0.2, 0.25) is 0 Å². The molecule has 0 bridgehead atoms. The minimum Gasteiger partial charge on any atom is -0.440 e. The van der Waals surface area contributed by atoms with E-state index in [0.29, 0.717) is 5.56 Å². The molecule has 2 heterocycles. The van der Waals surface area contributed by atoms with E-state index in [4.69, 9.17) is 10.2 Å². The molecule has 0 aliphatic rings. The first-order valence-corrected chi connectivity index (χ1v) is 5.67. The highest BCUT2D eigenvalue weighted by molar-refractivity contribution is 7.99. The predicted octanol–water partition coefficient (Wildman–Crippen LogP) is 2.70. The Bertz CT molecular complexity index is 528. The van der Waals surface area contributed by atoms with Gasteiger partial charge in [0.05, 0.1) is 6.20 Å². The van der Waals surface area contributed by atoms with Crippen LogP contribution in [0.4, 0.5) is 13.2 Å². The van der Waals surface area contributed by atoms with Gasteiger partial charge in [-0.2, -0.15) is 13.2 Å². The van der Waals surface area contributed by atoms with Crippen LogP contribution < -0.4 is 5.73 Å². The molecule has 0 aromatic carbocycles. The van der Waals surface area contributed by atoms with E-state index in [0.717, 1.165) is 17.8 Å². The van der Waals surface area contributed by atoms with E-state index in [1.807, 2.05) is 0 Å². The van der Waals surface area contributed by atoms with E-state index in [-0.39, 0.29) is 16.8 Å². The molecule has 2 aromatic heterocycles. The zero-order chi connectivity index (χ0) is 13.2. The zero-order valence-electron chi connectivity index (χ0n) is 8.94. The number of hydrogen-bond acceptors (Lipinski definition) is 5. The molecule has 4 nitrogen and oxygen atoms in total. The summed E-state index contributed by atoms with van der Waals surface area (Å²) in [6.07, 6.45) is -1.75. The molecule has 0 amide bonds. The third-order valence-electron chi connectivity index (χ3n) is 2.04. The molecule has 0 saturated carbocycles. The topological polar surface area (TPSA) is 64.9 Å². The number of aromatic nitrogens is 2. The smallest absolute Gasteiger partial charge is 0.433 e. The van der Waals surface area contributed by atoms with Crippen LogP contribution in [0.25, 0.3) is 0 Å².